The lowest BCUT2D eigenvalue weighted by Gasteiger charge is -2.05. The van der Waals surface area contributed by atoms with Crippen LogP contribution in [0.15, 0.2) is 48.5 Å². The molecule has 2 rings (SSSR count). The van der Waals surface area contributed by atoms with Crippen LogP contribution in [0, 0.1) is 6.92 Å². The number of ketones is 1. The molecule has 2 N–H and O–H groups in total. The molecule has 0 fully saturated rings. The zero-order valence-electron chi connectivity index (χ0n) is 9.51. The van der Waals surface area contributed by atoms with E-state index in [0.29, 0.717) is 16.8 Å². The van der Waals surface area contributed by atoms with Gasteiger partial charge in [0.15, 0.2) is 5.78 Å². The van der Waals surface area contributed by atoms with Crippen LogP contribution in [-0.2, 0) is 0 Å². The first-order chi connectivity index (χ1) is 7.68. The Morgan fingerprint density at radius 1 is 1.06 bits per heavy atom. The van der Waals surface area contributed by atoms with Gasteiger partial charge in [0.2, 0.25) is 0 Å². The molecule has 0 aromatic heterocycles. The lowest BCUT2D eigenvalue weighted by molar-refractivity contribution is 0.103. The van der Waals surface area contributed by atoms with Crippen molar-refractivity contribution >= 4 is 23.9 Å². The van der Waals surface area contributed by atoms with Crippen LogP contribution in [0.2, 0.25) is 0 Å². The van der Waals surface area contributed by atoms with Crippen LogP contribution in [-0.4, -0.2) is 5.78 Å². The van der Waals surface area contributed by atoms with Crippen LogP contribution >= 0.6 is 12.4 Å². The van der Waals surface area contributed by atoms with E-state index in [1.165, 1.54) is 0 Å². The molecule has 0 saturated heterocycles. The summed E-state index contributed by atoms with van der Waals surface area (Å²) in [4.78, 5) is 12.2. The summed E-state index contributed by atoms with van der Waals surface area (Å²) in [7, 11) is 0. The predicted octanol–water partition coefficient (Wildman–Crippen LogP) is 3.23. The highest BCUT2D eigenvalue weighted by molar-refractivity contribution is 6.10. The topological polar surface area (TPSA) is 43.1 Å². The minimum absolute atomic E-state index is 0. The van der Waals surface area contributed by atoms with Crippen LogP contribution in [0.3, 0.4) is 0 Å². The second kappa shape index (κ2) is 5.51. The molecule has 3 heteroatoms. The molecule has 0 aliphatic carbocycles. The molecular weight excluding hydrogens is 234 g/mol. The van der Waals surface area contributed by atoms with E-state index < -0.39 is 0 Å². The molecule has 0 atom stereocenters. The third kappa shape index (κ3) is 2.86. The number of hydrogen-bond donors (Lipinski definition) is 1. The first-order valence-electron chi connectivity index (χ1n) is 5.14. The molecule has 2 nitrogen and oxygen atoms in total. The number of benzene rings is 2. The zero-order valence-corrected chi connectivity index (χ0v) is 10.3. The Morgan fingerprint density at radius 2 is 1.71 bits per heavy atom. The second-order valence-corrected chi connectivity index (χ2v) is 3.77. The fourth-order valence-corrected chi connectivity index (χ4v) is 1.63. The molecule has 0 unspecified atom stereocenters. The van der Waals surface area contributed by atoms with Gasteiger partial charge in [0.1, 0.15) is 0 Å². The fourth-order valence-electron chi connectivity index (χ4n) is 1.63. The SMILES string of the molecule is Cc1ccc(N)cc1C(=O)c1ccccc1.Cl. The van der Waals surface area contributed by atoms with E-state index in [-0.39, 0.29) is 18.2 Å². The summed E-state index contributed by atoms with van der Waals surface area (Å²) in [6, 6.07) is 14.6. The van der Waals surface area contributed by atoms with Crippen LogP contribution in [0.4, 0.5) is 5.69 Å². The number of carbonyl (C=O) groups excluding carboxylic acids is 1. The Morgan fingerprint density at radius 3 is 2.35 bits per heavy atom. The van der Waals surface area contributed by atoms with Crippen molar-refractivity contribution < 1.29 is 4.79 Å². The third-order valence-electron chi connectivity index (χ3n) is 2.54. The average molecular weight is 248 g/mol. The summed E-state index contributed by atoms with van der Waals surface area (Å²) >= 11 is 0. The van der Waals surface area contributed by atoms with Gasteiger partial charge in [-0.15, -0.1) is 12.4 Å². The number of aryl methyl sites for hydroxylation is 1. The molecule has 0 radical (unpaired) electrons. The van der Waals surface area contributed by atoms with Gasteiger partial charge in [-0.25, -0.2) is 0 Å². The third-order valence-corrected chi connectivity index (χ3v) is 2.54. The average Bonchev–Trinajstić information content (AvgIpc) is 2.32. The first-order valence-corrected chi connectivity index (χ1v) is 5.14. The van der Waals surface area contributed by atoms with Crippen molar-refractivity contribution in [1.29, 1.82) is 0 Å². The molecule has 88 valence electrons. The van der Waals surface area contributed by atoms with E-state index in [1.807, 2.05) is 43.3 Å². The maximum Gasteiger partial charge on any atom is 0.193 e. The molecule has 2 aromatic carbocycles. The molecular formula is C14H14ClNO. The van der Waals surface area contributed by atoms with Gasteiger partial charge in [-0.1, -0.05) is 36.4 Å². The minimum atomic E-state index is 0. The van der Waals surface area contributed by atoms with Crippen LogP contribution in [0.25, 0.3) is 0 Å². The number of anilines is 1. The summed E-state index contributed by atoms with van der Waals surface area (Å²) in [6.45, 7) is 1.91. The minimum Gasteiger partial charge on any atom is -0.399 e. The smallest absolute Gasteiger partial charge is 0.193 e. The maximum absolute atomic E-state index is 12.2. The first kappa shape index (κ1) is 13.3. The van der Waals surface area contributed by atoms with E-state index in [0.717, 1.165) is 5.56 Å². The molecule has 17 heavy (non-hydrogen) atoms. The summed E-state index contributed by atoms with van der Waals surface area (Å²) in [5.41, 5.74) is 8.62. The van der Waals surface area contributed by atoms with Crippen molar-refractivity contribution in [2.24, 2.45) is 0 Å². The molecule has 0 bridgehead atoms. The normalized spacial score (nSPS) is 9.47. The van der Waals surface area contributed by atoms with Gasteiger partial charge >= 0.3 is 0 Å². The van der Waals surface area contributed by atoms with Gasteiger partial charge in [-0.3, -0.25) is 4.79 Å². The van der Waals surface area contributed by atoms with E-state index in [2.05, 4.69) is 0 Å². The summed E-state index contributed by atoms with van der Waals surface area (Å²) in [5, 5.41) is 0. The molecule has 0 aliphatic heterocycles. The van der Waals surface area contributed by atoms with Crippen molar-refractivity contribution in [3.05, 3.63) is 65.2 Å². The monoisotopic (exact) mass is 247 g/mol. The van der Waals surface area contributed by atoms with Crippen LogP contribution in [0.1, 0.15) is 21.5 Å². The van der Waals surface area contributed by atoms with Crippen molar-refractivity contribution in [3.8, 4) is 0 Å². The quantitative estimate of drug-likeness (QED) is 0.654. The van der Waals surface area contributed by atoms with E-state index in [4.69, 9.17) is 5.73 Å². The lowest BCUT2D eigenvalue weighted by atomic mass is 9.99. The fraction of sp³-hybridized carbons (Fsp3) is 0.0714. The lowest BCUT2D eigenvalue weighted by Crippen LogP contribution is -2.04. The van der Waals surface area contributed by atoms with E-state index >= 15 is 0 Å². The van der Waals surface area contributed by atoms with Crippen molar-refractivity contribution in [2.45, 2.75) is 6.92 Å². The highest BCUT2D eigenvalue weighted by atomic mass is 35.5. The Balaban J connectivity index is 0.00000144. The Kier molecular flexibility index (Phi) is 4.30. The number of rotatable bonds is 2. The maximum atomic E-state index is 12.2. The summed E-state index contributed by atoms with van der Waals surface area (Å²) in [5.74, 6) is 0.0189. The standard InChI is InChI=1S/C14H13NO.ClH/c1-10-7-8-12(15)9-13(10)14(16)11-5-3-2-4-6-11;/h2-9H,15H2,1H3;1H. The van der Waals surface area contributed by atoms with Crippen LogP contribution in [0.5, 0.6) is 0 Å². The predicted molar refractivity (Wildman–Crippen MR) is 72.7 cm³/mol. The van der Waals surface area contributed by atoms with Crippen molar-refractivity contribution in [3.63, 3.8) is 0 Å². The van der Waals surface area contributed by atoms with E-state index in [9.17, 15) is 4.79 Å². The van der Waals surface area contributed by atoms with Gasteiger partial charge < -0.3 is 5.73 Å². The zero-order chi connectivity index (χ0) is 11.5. The van der Waals surface area contributed by atoms with Crippen LogP contribution < -0.4 is 5.73 Å². The molecule has 0 heterocycles. The second-order valence-electron chi connectivity index (χ2n) is 3.77. The summed E-state index contributed by atoms with van der Waals surface area (Å²) in [6.07, 6.45) is 0. The number of carbonyl (C=O) groups is 1. The van der Waals surface area contributed by atoms with Crippen molar-refractivity contribution in [1.82, 2.24) is 0 Å². The largest absolute Gasteiger partial charge is 0.399 e. The highest BCUT2D eigenvalue weighted by Crippen LogP contribution is 2.16. The number of nitrogen functional groups attached to an aromatic ring is 1. The molecule has 2 aromatic rings. The van der Waals surface area contributed by atoms with Crippen molar-refractivity contribution in [2.75, 3.05) is 5.73 Å². The van der Waals surface area contributed by atoms with Gasteiger partial charge in [-0.05, 0) is 24.6 Å². The molecule has 0 saturated carbocycles. The Hall–Kier alpha value is -1.80. The van der Waals surface area contributed by atoms with Gasteiger partial charge in [0, 0.05) is 16.8 Å². The van der Waals surface area contributed by atoms with Gasteiger partial charge in [-0.2, -0.15) is 0 Å². The highest BCUT2D eigenvalue weighted by Gasteiger charge is 2.11. The van der Waals surface area contributed by atoms with Gasteiger partial charge in [0.05, 0.1) is 0 Å². The Bertz CT molecular complexity index is 523. The number of hydrogen-bond acceptors (Lipinski definition) is 2. The number of halogens is 1. The molecule has 0 spiro atoms. The number of nitrogens with two attached hydrogens (primary N) is 1. The van der Waals surface area contributed by atoms with E-state index in [1.54, 1.807) is 12.1 Å². The van der Waals surface area contributed by atoms with Gasteiger partial charge in [0.25, 0.3) is 0 Å². The molecule has 0 amide bonds. The Labute approximate surface area is 107 Å². The summed E-state index contributed by atoms with van der Waals surface area (Å²) < 4.78 is 0. The molecule has 0 aliphatic rings.